The average Bonchev–Trinajstić information content (AvgIpc) is 2.28. The number of carbonyl (C=O) groups excluding carboxylic acids is 1. The van der Waals surface area contributed by atoms with Crippen LogP contribution >= 0.6 is 0 Å². The number of hydrogen-bond donors (Lipinski definition) is 1. The molecule has 0 bridgehead atoms. The fraction of sp³-hybridized carbons (Fsp3) is 0.333. The van der Waals surface area contributed by atoms with Crippen LogP contribution in [0.5, 0.6) is 0 Å². The number of rotatable bonds is 2. The zero-order chi connectivity index (χ0) is 11.5. The Kier molecular flexibility index (Phi) is 2.78. The second kappa shape index (κ2) is 4.23. The molecule has 0 aliphatic carbocycles. The average molecular weight is 215 g/mol. The first kappa shape index (κ1) is 10.5. The van der Waals surface area contributed by atoms with Gasteiger partial charge in [-0.2, -0.15) is 5.26 Å². The lowest BCUT2D eigenvalue weighted by Gasteiger charge is -2.31. The summed E-state index contributed by atoms with van der Waals surface area (Å²) in [5.74, 6) is 0.134. The zero-order valence-corrected chi connectivity index (χ0v) is 9.16. The minimum Gasteiger partial charge on any atom is -0.382 e. The van der Waals surface area contributed by atoms with Gasteiger partial charge in [0.1, 0.15) is 5.78 Å². The van der Waals surface area contributed by atoms with Crippen LogP contribution in [0.15, 0.2) is 18.2 Å². The SMILES string of the molecule is CC(=O)CN1CCNc2ccc(C#N)cc21. The number of fused-ring (bicyclic) bond motifs is 1. The van der Waals surface area contributed by atoms with E-state index in [1.165, 1.54) is 0 Å². The molecule has 0 amide bonds. The van der Waals surface area contributed by atoms with Gasteiger partial charge < -0.3 is 10.2 Å². The number of nitriles is 1. The van der Waals surface area contributed by atoms with Crippen LogP contribution in [0.2, 0.25) is 0 Å². The maximum absolute atomic E-state index is 11.1. The summed E-state index contributed by atoms with van der Waals surface area (Å²) in [6, 6.07) is 7.61. The van der Waals surface area contributed by atoms with E-state index < -0.39 is 0 Å². The number of nitrogens with zero attached hydrogens (tertiary/aromatic N) is 2. The number of benzene rings is 1. The van der Waals surface area contributed by atoms with Crippen molar-refractivity contribution in [3.05, 3.63) is 23.8 Å². The Hall–Kier alpha value is -2.02. The number of hydrogen-bond acceptors (Lipinski definition) is 4. The number of anilines is 2. The maximum Gasteiger partial charge on any atom is 0.149 e. The predicted molar refractivity (Wildman–Crippen MR) is 62.5 cm³/mol. The molecule has 1 heterocycles. The summed E-state index contributed by atoms with van der Waals surface area (Å²) >= 11 is 0. The van der Waals surface area contributed by atoms with Crippen molar-refractivity contribution in [2.24, 2.45) is 0 Å². The van der Waals surface area contributed by atoms with E-state index >= 15 is 0 Å². The summed E-state index contributed by atoms with van der Waals surface area (Å²) in [4.78, 5) is 13.2. The van der Waals surface area contributed by atoms with Crippen molar-refractivity contribution in [2.75, 3.05) is 29.9 Å². The van der Waals surface area contributed by atoms with Gasteiger partial charge in [-0.3, -0.25) is 4.79 Å². The smallest absolute Gasteiger partial charge is 0.149 e. The molecule has 0 saturated carbocycles. The first-order chi connectivity index (χ1) is 7.70. The van der Waals surface area contributed by atoms with E-state index in [2.05, 4.69) is 11.4 Å². The van der Waals surface area contributed by atoms with Crippen LogP contribution < -0.4 is 10.2 Å². The molecule has 16 heavy (non-hydrogen) atoms. The van der Waals surface area contributed by atoms with Crippen LogP contribution in [0, 0.1) is 11.3 Å². The van der Waals surface area contributed by atoms with Crippen LogP contribution in [0.25, 0.3) is 0 Å². The molecule has 1 N–H and O–H groups in total. The highest BCUT2D eigenvalue weighted by Crippen LogP contribution is 2.29. The Morgan fingerprint density at radius 2 is 2.44 bits per heavy atom. The molecular formula is C12H13N3O. The summed E-state index contributed by atoms with van der Waals surface area (Å²) in [5, 5.41) is 12.1. The number of ketones is 1. The largest absolute Gasteiger partial charge is 0.382 e. The Morgan fingerprint density at radius 3 is 3.12 bits per heavy atom. The van der Waals surface area contributed by atoms with Gasteiger partial charge in [0.15, 0.2) is 0 Å². The van der Waals surface area contributed by atoms with Crippen molar-refractivity contribution >= 4 is 17.2 Å². The standard InChI is InChI=1S/C12H13N3O/c1-9(16)8-15-5-4-14-11-3-2-10(7-13)6-12(11)15/h2-3,6,14H,4-5,8H2,1H3. The summed E-state index contributed by atoms with van der Waals surface area (Å²) < 4.78 is 0. The second-order valence-corrected chi connectivity index (χ2v) is 3.89. The van der Waals surface area contributed by atoms with Crippen LogP contribution in [-0.4, -0.2) is 25.4 Å². The van der Waals surface area contributed by atoms with Crippen LogP contribution in [-0.2, 0) is 4.79 Å². The number of carbonyl (C=O) groups is 1. The molecular weight excluding hydrogens is 202 g/mol. The minimum absolute atomic E-state index is 0.134. The summed E-state index contributed by atoms with van der Waals surface area (Å²) in [5.41, 5.74) is 2.56. The van der Waals surface area contributed by atoms with Gasteiger partial charge in [0.2, 0.25) is 0 Å². The molecule has 0 atom stereocenters. The van der Waals surface area contributed by atoms with Crippen molar-refractivity contribution < 1.29 is 4.79 Å². The molecule has 82 valence electrons. The Bertz CT molecular complexity index is 462. The molecule has 0 unspecified atom stereocenters. The van der Waals surface area contributed by atoms with Gasteiger partial charge in [-0.05, 0) is 25.1 Å². The molecule has 0 aromatic heterocycles. The highest BCUT2D eigenvalue weighted by molar-refractivity contribution is 5.84. The lowest BCUT2D eigenvalue weighted by atomic mass is 10.1. The molecule has 2 rings (SSSR count). The molecule has 1 aromatic rings. The van der Waals surface area contributed by atoms with E-state index in [-0.39, 0.29) is 5.78 Å². The van der Waals surface area contributed by atoms with Crippen LogP contribution in [0.3, 0.4) is 0 Å². The first-order valence-corrected chi connectivity index (χ1v) is 5.23. The van der Waals surface area contributed by atoms with Gasteiger partial charge in [-0.1, -0.05) is 0 Å². The fourth-order valence-corrected chi connectivity index (χ4v) is 1.89. The molecule has 0 radical (unpaired) electrons. The lowest BCUT2D eigenvalue weighted by molar-refractivity contribution is -0.115. The van der Waals surface area contributed by atoms with Gasteiger partial charge in [0.25, 0.3) is 0 Å². The Morgan fingerprint density at radius 1 is 1.62 bits per heavy atom. The van der Waals surface area contributed by atoms with Crippen LogP contribution in [0.4, 0.5) is 11.4 Å². The van der Waals surface area contributed by atoms with Crippen molar-refractivity contribution in [1.82, 2.24) is 0 Å². The van der Waals surface area contributed by atoms with Crippen LogP contribution in [0.1, 0.15) is 12.5 Å². The summed E-state index contributed by atoms with van der Waals surface area (Å²) in [6.07, 6.45) is 0. The summed E-state index contributed by atoms with van der Waals surface area (Å²) in [6.45, 7) is 3.60. The van der Waals surface area contributed by atoms with Gasteiger partial charge >= 0.3 is 0 Å². The quantitative estimate of drug-likeness (QED) is 0.809. The van der Waals surface area contributed by atoms with Gasteiger partial charge in [-0.25, -0.2) is 0 Å². The lowest BCUT2D eigenvalue weighted by Crippen LogP contribution is -2.37. The predicted octanol–water partition coefficient (Wildman–Crippen LogP) is 1.38. The molecule has 1 aliphatic heterocycles. The van der Waals surface area contributed by atoms with Crippen molar-refractivity contribution in [3.8, 4) is 6.07 Å². The Labute approximate surface area is 94.5 Å². The van der Waals surface area contributed by atoms with E-state index in [1.807, 2.05) is 17.0 Å². The van der Waals surface area contributed by atoms with Crippen molar-refractivity contribution in [2.45, 2.75) is 6.92 Å². The van der Waals surface area contributed by atoms with E-state index in [9.17, 15) is 4.79 Å². The number of Topliss-reactive ketones (excluding diaryl/α,β-unsaturated/α-hetero) is 1. The van der Waals surface area contributed by atoms with Crippen molar-refractivity contribution in [1.29, 1.82) is 5.26 Å². The molecule has 1 aliphatic rings. The molecule has 0 fully saturated rings. The molecule has 0 saturated heterocycles. The Balaban J connectivity index is 2.36. The third kappa shape index (κ3) is 1.98. The second-order valence-electron chi connectivity index (χ2n) is 3.89. The molecule has 0 spiro atoms. The van der Waals surface area contributed by atoms with E-state index in [1.54, 1.807) is 13.0 Å². The topological polar surface area (TPSA) is 56.1 Å². The molecule has 4 nitrogen and oxygen atoms in total. The zero-order valence-electron chi connectivity index (χ0n) is 9.16. The fourth-order valence-electron chi connectivity index (χ4n) is 1.89. The minimum atomic E-state index is 0.134. The highest BCUT2D eigenvalue weighted by atomic mass is 16.1. The summed E-state index contributed by atoms with van der Waals surface area (Å²) in [7, 11) is 0. The third-order valence-electron chi connectivity index (χ3n) is 2.58. The third-order valence-corrected chi connectivity index (χ3v) is 2.58. The van der Waals surface area contributed by atoms with Gasteiger partial charge in [-0.15, -0.1) is 0 Å². The molecule has 1 aromatic carbocycles. The maximum atomic E-state index is 11.1. The van der Waals surface area contributed by atoms with Gasteiger partial charge in [0, 0.05) is 13.1 Å². The van der Waals surface area contributed by atoms with E-state index in [0.717, 1.165) is 24.5 Å². The van der Waals surface area contributed by atoms with E-state index in [0.29, 0.717) is 12.1 Å². The first-order valence-electron chi connectivity index (χ1n) is 5.23. The van der Waals surface area contributed by atoms with E-state index in [4.69, 9.17) is 5.26 Å². The monoisotopic (exact) mass is 215 g/mol. The normalized spacial score (nSPS) is 13.6. The van der Waals surface area contributed by atoms with Gasteiger partial charge in [0.05, 0.1) is 29.6 Å². The van der Waals surface area contributed by atoms with Crippen molar-refractivity contribution in [3.63, 3.8) is 0 Å². The highest BCUT2D eigenvalue weighted by Gasteiger charge is 2.17. The number of nitrogens with one attached hydrogen (secondary N) is 1. The molecule has 4 heteroatoms.